The van der Waals surface area contributed by atoms with Gasteiger partial charge in [0.2, 0.25) is 0 Å². The molecule has 1 atom stereocenters. The van der Waals surface area contributed by atoms with E-state index in [0.29, 0.717) is 5.56 Å². The smallest absolute Gasteiger partial charge is 0.159 e. The van der Waals surface area contributed by atoms with Crippen molar-refractivity contribution < 1.29 is 18.3 Å². The Hall–Kier alpha value is -1.33. The number of ether oxygens (including phenoxy) is 1. The van der Waals surface area contributed by atoms with Crippen LogP contribution in [0.5, 0.6) is 0 Å². The zero-order valence-corrected chi connectivity index (χ0v) is 8.87. The van der Waals surface area contributed by atoms with Gasteiger partial charge < -0.3 is 10.5 Å². The van der Waals surface area contributed by atoms with E-state index in [1.165, 1.54) is 13.2 Å². The molecule has 1 rings (SSSR count). The highest BCUT2D eigenvalue weighted by atomic mass is 19.2. The molecular weight excluding hydrogens is 216 g/mol. The Morgan fingerprint density at radius 2 is 2.12 bits per heavy atom. The van der Waals surface area contributed by atoms with Crippen LogP contribution in [-0.4, -0.2) is 25.5 Å². The van der Waals surface area contributed by atoms with Crippen molar-refractivity contribution in [2.24, 2.45) is 5.73 Å². The quantitative estimate of drug-likeness (QED) is 0.821. The number of ketones is 1. The van der Waals surface area contributed by atoms with Crippen LogP contribution in [0.15, 0.2) is 18.2 Å². The molecule has 5 heteroatoms. The Morgan fingerprint density at radius 3 is 2.69 bits per heavy atom. The number of benzene rings is 1. The minimum atomic E-state index is -0.967. The standard InChI is InChI=1S/C11H13F2NO2/c1-16-6-10(14)11(15)5-7-2-3-8(12)9(13)4-7/h2-4,10H,5-6,14H2,1H3. The molecule has 0 heterocycles. The summed E-state index contributed by atoms with van der Waals surface area (Å²) in [7, 11) is 1.44. The largest absolute Gasteiger partial charge is 0.383 e. The zero-order valence-electron chi connectivity index (χ0n) is 8.87. The Morgan fingerprint density at radius 1 is 1.44 bits per heavy atom. The molecule has 0 fully saturated rings. The van der Waals surface area contributed by atoms with Crippen molar-refractivity contribution in [1.82, 2.24) is 0 Å². The average Bonchev–Trinajstić information content (AvgIpc) is 2.24. The first-order valence-electron chi connectivity index (χ1n) is 4.75. The molecule has 0 saturated heterocycles. The highest BCUT2D eigenvalue weighted by molar-refractivity contribution is 5.85. The van der Waals surface area contributed by atoms with Crippen LogP contribution < -0.4 is 5.73 Å². The van der Waals surface area contributed by atoms with Gasteiger partial charge in [0.05, 0.1) is 12.6 Å². The number of rotatable bonds is 5. The molecule has 1 unspecified atom stereocenters. The van der Waals surface area contributed by atoms with Gasteiger partial charge in [0, 0.05) is 13.5 Å². The monoisotopic (exact) mass is 229 g/mol. The second-order valence-corrected chi connectivity index (χ2v) is 3.45. The summed E-state index contributed by atoms with van der Waals surface area (Å²) < 4.78 is 30.2. The van der Waals surface area contributed by atoms with Gasteiger partial charge in [-0.05, 0) is 17.7 Å². The number of Topliss-reactive ketones (excluding diaryl/α,β-unsaturated/α-hetero) is 1. The minimum Gasteiger partial charge on any atom is -0.383 e. The molecule has 0 saturated carbocycles. The molecule has 88 valence electrons. The number of nitrogens with two attached hydrogens (primary N) is 1. The van der Waals surface area contributed by atoms with Crippen molar-refractivity contribution in [3.63, 3.8) is 0 Å². The SMILES string of the molecule is COCC(N)C(=O)Cc1ccc(F)c(F)c1. The Bertz CT molecular complexity index is 382. The normalized spacial score (nSPS) is 12.5. The first-order chi connectivity index (χ1) is 7.54. The Labute approximate surface area is 92.2 Å². The van der Waals surface area contributed by atoms with E-state index in [4.69, 9.17) is 10.5 Å². The number of methoxy groups -OCH3 is 1. The summed E-state index contributed by atoms with van der Waals surface area (Å²) in [4.78, 5) is 11.5. The van der Waals surface area contributed by atoms with Gasteiger partial charge >= 0.3 is 0 Å². The number of halogens is 2. The Kier molecular flexibility index (Phi) is 4.52. The number of hydrogen-bond acceptors (Lipinski definition) is 3. The van der Waals surface area contributed by atoms with E-state index in [1.807, 2.05) is 0 Å². The van der Waals surface area contributed by atoms with Crippen LogP contribution in [0.4, 0.5) is 8.78 Å². The molecule has 3 nitrogen and oxygen atoms in total. The van der Waals surface area contributed by atoms with Gasteiger partial charge in [0.15, 0.2) is 17.4 Å². The molecule has 16 heavy (non-hydrogen) atoms. The lowest BCUT2D eigenvalue weighted by Gasteiger charge is -2.09. The fraction of sp³-hybridized carbons (Fsp3) is 0.364. The van der Waals surface area contributed by atoms with Crippen molar-refractivity contribution in [1.29, 1.82) is 0 Å². The second kappa shape index (κ2) is 5.67. The molecule has 0 amide bonds. The lowest BCUT2D eigenvalue weighted by atomic mass is 10.0. The fourth-order valence-electron chi connectivity index (χ4n) is 1.25. The zero-order chi connectivity index (χ0) is 12.1. The van der Waals surface area contributed by atoms with E-state index in [2.05, 4.69) is 0 Å². The van der Waals surface area contributed by atoms with Crippen LogP contribution in [0, 0.1) is 11.6 Å². The van der Waals surface area contributed by atoms with Gasteiger partial charge in [0.1, 0.15) is 0 Å². The summed E-state index contributed by atoms with van der Waals surface area (Å²) in [6.07, 6.45) is -0.0261. The van der Waals surface area contributed by atoms with Gasteiger partial charge in [-0.25, -0.2) is 8.78 Å². The molecule has 0 aliphatic rings. The topological polar surface area (TPSA) is 52.3 Å². The van der Waals surface area contributed by atoms with Crippen molar-refractivity contribution >= 4 is 5.78 Å². The first kappa shape index (κ1) is 12.7. The van der Waals surface area contributed by atoms with Gasteiger partial charge in [-0.1, -0.05) is 6.07 Å². The molecule has 0 aliphatic carbocycles. The van der Waals surface area contributed by atoms with Gasteiger partial charge in [-0.2, -0.15) is 0 Å². The molecule has 0 spiro atoms. The lowest BCUT2D eigenvalue weighted by molar-refractivity contribution is -0.120. The summed E-state index contributed by atoms with van der Waals surface area (Å²) in [5, 5.41) is 0. The molecule has 0 aliphatic heterocycles. The second-order valence-electron chi connectivity index (χ2n) is 3.45. The molecule has 0 bridgehead atoms. The van der Waals surface area contributed by atoms with Crippen LogP contribution in [0.2, 0.25) is 0 Å². The summed E-state index contributed by atoms with van der Waals surface area (Å²) in [6.45, 7) is 0.114. The van der Waals surface area contributed by atoms with Crippen molar-refractivity contribution in [3.8, 4) is 0 Å². The molecule has 2 N–H and O–H groups in total. The minimum absolute atomic E-state index is 0.0261. The van der Waals surface area contributed by atoms with Gasteiger partial charge in [-0.3, -0.25) is 4.79 Å². The predicted octanol–water partition coefficient (Wildman–Crippen LogP) is 1.05. The maximum atomic E-state index is 12.8. The van der Waals surface area contributed by atoms with Crippen molar-refractivity contribution in [2.75, 3.05) is 13.7 Å². The third-order valence-electron chi connectivity index (χ3n) is 2.12. The molecule has 1 aromatic rings. The number of carbonyl (C=O) groups excluding carboxylic acids is 1. The molecule has 1 aromatic carbocycles. The van der Waals surface area contributed by atoms with E-state index >= 15 is 0 Å². The number of carbonyl (C=O) groups is 1. The van der Waals surface area contributed by atoms with E-state index < -0.39 is 17.7 Å². The maximum Gasteiger partial charge on any atom is 0.159 e. The van der Waals surface area contributed by atoms with Crippen molar-refractivity contribution in [3.05, 3.63) is 35.4 Å². The molecule has 0 aromatic heterocycles. The fourth-order valence-corrected chi connectivity index (χ4v) is 1.25. The van der Waals surface area contributed by atoms with E-state index in [-0.39, 0.29) is 18.8 Å². The van der Waals surface area contributed by atoms with Crippen molar-refractivity contribution in [2.45, 2.75) is 12.5 Å². The Balaban J connectivity index is 2.66. The van der Waals surface area contributed by atoms with Gasteiger partial charge in [-0.15, -0.1) is 0 Å². The van der Waals surface area contributed by atoms with Crippen LogP contribution in [-0.2, 0) is 16.0 Å². The van der Waals surface area contributed by atoms with Crippen LogP contribution >= 0.6 is 0 Å². The summed E-state index contributed by atoms with van der Waals surface area (Å²) in [5.41, 5.74) is 5.90. The maximum absolute atomic E-state index is 12.8. The van der Waals surface area contributed by atoms with E-state index in [0.717, 1.165) is 12.1 Å². The summed E-state index contributed by atoms with van der Waals surface area (Å²) in [6, 6.07) is 2.60. The molecule has 0 radical (unpaired) electrons. The first-order valence-corrected chi connectivity index (χ1v) is 4.75. The van der Waals surface area contributed by atoms with Crippen LogP contribution in [0.3, 0.4) is 0 Å². The average molecular weight is 229 g/mol. The molecular formula is C11H13F2NO2. The van der Waals surface area contributed by atoms with Crippen LogP contribution in [0.25, 0.3) is 0 Å². The number of hydrogen-bond donors (Lipinski definition) is 1. The van der Waals surface area contributed by atoms with Gasteiger partial charge in [0.25, 0.3) is 0 Å². The van der Waals surface area contributed by atoms with Crippen LogP contribution in [0.1, 0.15) is 5.56 Å². The third-order valence-corrected chi connectivity index (χ3v) is 2.12. The lowest BCUT2D eigenvalue weighted by Crippen LogP contribution is -2.35. The van der Waals surface area contributed by atoms with E-state index in [1.54, 1.807) is 0 Å². The highest BCUT2D eigenvalue weighted by Crippen LogP contribution is 2.09. The van der Waals surface area contributed by atoms with E-state index in [9.17, 15) is 13.6 Å². The highest BCUT2D eigenvalue weighted by Gasteiger charge is 2.14. The summed E-state index contributed by atoms with van der Waals surface area (Å²) >= 11 is 0. The summed E-state index contributed by atoms with van der Waals surface area (Å²) in [5.74, 6) is -2.17. The third kappa shape index (κ3) is 3.36. The predicted molar refractivity (Wildman–Crippen MR) is 54.9 cm³/mol.